The summed E-state index contributed by atoms with van der Waals surface area (Å²) in [6.45, 7) is 9.68. The molecule has 3 aliphatic heterocycles. The summed E-state index contributed by atoms with van der Waals surface area (Å²) in [4.78, 5) is 56.0. The fraction of sp³-hybridized carbons (Fsp3) is 0.469. The van der Waals surface area contributed by atoms with Crippen molar-refractivity contribution in [2.45, 2.75) is 98.1 Å². The van der Waals surface area contributed by atoms with E-state index in [4.69, 9.17) is 4.99 Å². The second-order valence-electron chi connectivity index (χ2n) is 11.2. The first-order valence-corrected chi connectivity index (χ1v) is 14.6. The fourth-order valence-electron chi connectivity index (χ4n) is 6.13. The largest absolute Gasteiger partial charge is 0.481 e. The van der Waals surface area contributed by atoms with Crippen molar-refractivity contribution >= 4 is 35.5 Å². The molecule has 10 nitrogen and oxygen atoms in total. The molecule has 10 heteroatoms. The van der Waals surface area contributed by atoms with Crippen molar-refractivity contribution in [3.63, 3.8) is 0 Å². The van der Waals surface area contributed by atoms with Gasteiger partial charge in [-0.2, -0.15) is 0 Å². The van der Waals surface area contributed by atoms with E-state index in [-0.39, 0.29) is 36.7 Å². The number of amides is 2. The number of nitrogens with zero attached hydrogens (tertiary/aromatic N) is 1. The first kappa shape index (κ1) is 30.7. The zero-order valence-electron chi connectivity index (χ0n) is 24.9. The van der Waals surface area contributed by atoms with Crippen LogP contribution in [0.5, 0.6) is 0 Å². The monoisotopic (exact) mass is 576 g/mol. The molecule has 0 saturated heterocycles. The summed E-state index contributed by atoms with van der Waals surface area (Å²) < 4.78 is 0. The van der Waals surface area contributed by atoms with Gasteiger partial charge >= 0.3 is 11.9 Å². The topological polar surface area (TPSA) is 161 Å². The minimum atomic E-state index is -0.906. The molecule has 3 aliphatic rings. The number of carboxylic acid groups (broad SMARTS) is 2. The number of aliphatic carboxylic acids is 2. The summed E-state index contributed by atoms with van der Waals surface area (Å²) in [6.07, 6.45) is 6.77. The third kappa shape index (κ3) is 6.48. The third-order valence-corrected chi connectivity index (χ3v) is 8.57. The minimum absolute atomic E-state index is 0.0452. The maximum Gasteiger partial charge on any atom is 0.303 e. The van der Waals surface area contributed by atoms with Gasteiger partial charge in [0.2, 0.25) is 11.8 Å². The van der Waals surface area contributed by atoms with E-state index in [9.17, 15) is 29.4 Å². The zero-order chi connectivity index (χ0) is 30.7. The highest BCUT2D eigenvalue weighted by molar-refractivity contribution is 6.07. The number of hydrogen-bond donors (Lipinski definition) is 5. The van der Waals surface area contributed by atoms with E-state index in [0.29, 0.717) is 37.8 Å². The molecule has 2 unspecified atom stereocenters. The molecule has 0 aromatic carbocycles. The summed E-state index contributed by atoms with van der Waals surface area (Å²) in [6, 6.07) is -0.322. The van der Waals surface area contributed by atoms with Crippen LogP contribution in [0.1, 0.15) is 88.7 Å². The molecule has 4 rings (SSSR count). The third-order valence-electron chi connectivity index (χ3n) is 8.57. The van der Waals surface area contributed by atoms with Crippen LogP contribution in [0.4, 0.5) is 0 Å². The van der Waals surface area contributed by atoms with Gasteiger partial charge in [-0.25, -0.2) is 0 Å². The van der Waals surface area contributed by atoms with E-state index in [1.54, 1.807) is 0 Å². The van der Waals surface area contributed by atoms with Gasteiger partial charge in [0.05, 0.1) is 17.8 Å². The lowest BCUT2D eigenvalue weighted by atomic mass is 9.94. The standard InChI is InChI=1S/C32H40N4O6/c1-6-19-12-20(33-32(19)42)13-24-16(3)22(8-10-29(37)38)27(34-24)15-28-23(9-11-30(39)40)17(4)25(35-28)14-26-21(7-2)18(5)31(41)36-26/h12,15,20,26,34H,6-11,13-14H2,1-5H3,(H,33,42)(H,36,41)(H,37,38)(H,39,40)/b28-15-. The van der Waals surface area contributed by atoms with E-state index in [2.05, 4.69) is 15.6 Å². The second kappa shape index (κ2) is 12.8. The normalized spacial score (nSPS) is 21.3. The van der Waals surface area contributed by atoms with Crippen LogP contribution < -0.4 is 10.6 Å². The van der Waals surface area contributed by atoms with E-state index < -0.39 is 11.9 Å². The van der Waals surface area contributed by atoms with Gasteiger partial charge in [0, 0.05) is 53.9 Å². The predicted octanol–water partition coefficient (Wildman–Crippen LogP) is 4.31. The summed E-state index contributed by atoms with van der Waals surface area (Å²) >= 11 is 0. The van der Waals surface area contributed by atoms with Crippen molar-refractivity contribution in [1.29, 1.82) is 0 Å². The molecule has 0 aliphatic carbocycles. The number of aromatic nitrogens is 1. The molecule has 0 bridgehead atoms. The Kier molecular flexibility index (Phi) is 9.33. The number of allylic oxidation sites excluding steroid dienone is 2. The number of nitrogens with one attached hydrogen (secondary N) is 3. The lowest BCUT2D eigenvalue weighted by Crippen LogP contribution is -2.31. The molecule has 1 aromatic heterocycles. The highest BCUT2D eigenvalue weighted by Gasteiger charge is 2.32. The molecule has 2 atom stereocenters. The Bertz CT molecular complexity index is 1490. The van der Waals surface area contributed by atoms with Gasteiger partial charge in [-0.1, -0.05) is 19.9 Å². The number of H-pyrrole nitrogens is 1. The molecule has 0 radical (unpaired) electrons. The molecule has 42 heavy (non-hydrogen) atoms. The Morgan fingerprint density at radius 1 is 0.929 bits per heavy atom. The van der Waals surface area contributed by atoms with Crippen molar-refractivity contribution in [3.8, 4) is 0 Å². The van der Waals surface area contributed by atoms with Gasteiger partial charge < -0.3 is 25.8 Å². The van der Waals surface area contributed by atoms with Crippen molar-refractivity contribution in [2.75, 3.05) is 0 Å². The highest BCUT2D eigenvalue weighted by Crippen LogP contribution is 2.35. The van der Waals surface area contributed by atoms with E-state index in [1.165, 1.54) is 0 Å². The van der Waals surface area contributed by atoms with E-state index in [0.717, 1.165) is 62.5 Å². The van der Waals surface area contributed by atoms with Crippen LogP contribution in [-0.4, -0.2) is 56.7 Å². The molecule has 1 aromatic rings. The molecular weight excluding hydrogens is 536 g/mol. The lowest BCUT2D eigenvalue weighted by molar-refractivity contribution is -0.138. The number of carbonyl (C=O) groups is 4. The SMILES string of the molecule is CCC1=CC(Cc2[nH]c(/C=C3\N=C(CC4NC(=O)C(C)=C4CC)C(C)=C3CCC(=O)O)c(CCC(=O)O)c2C)NC1=O. The van der Waals surface area contributed by atoms with Gasteiger partial charge in [0.25, 0.3) is 0 Å². The molecule has 0 spiro atoms. The molecule has 5 N–H and O–H groups in total. The van der Waals surface area contributed by atoms with Gasteiger partial charge in [0.15, 0.2) is 0 Å². The van der Waals surface area contributed by atoms with E-state index in [1.807, 2.05) is 46.8 Å². The summed E-state index contributed by atoms with van der Waals surface area (Å²) in [7, 11) is 0. The average molecular weight is 577 g/mol. The van der Waals surface area contributed by atoms with Gasteiger partial charge in [0.1, 0.15) is 0 Å². The second-order valence-corrected chi connectivity index (χ2v) is 11.2. The van der Waals surface area contributed by atoms with Crippen molar-refractivity contribution in [3.05, 3.63) is 62.2 Å². The Morgan fingerprint density at radius 2 is 1.62 bits per heavy atom. The van der Waals surface area contributed by atoms with Crippen LogP contribution in [0.15, 0.2) is 44.6 Å². The smallest absolute Gasteiger partial charge is 0.303 e. The number of aliphatic imine (C=N–C) groups is 1. The van der Waals surface area contributed by atoms with Crippen LogP contribution >= 0.6 is 0 Å². The number of aromatic amines is 1. The number of carbonyl (C=O) groups excluding carboxylic acids is 2. The Morgan fingerprint density at radius 3 is 2.24 bits per heavy atom. The van der Waals surface area contributed by atoms with Gasteiger partial charge in [-0.3, -0.25) is 24.2 Å². The number of rotatable bonds is 13. The van der Waals surface area contributed by atoms with Crippen molar-refractivity contribution < 1.29 is 29.4 Å². The van der Waals surface area contributed by atoms with Crippen LogP contribution in [0.2, 0.25) is 0 Å². The molecule has 4 heterocycles. The maximum atomic E-state index is 12.3. The zero-order valence-corrected chi connectivity index (χ0v) is 24.9. The predicted molar refractivity (Wildman–Crippen MR) is 160 cm³/mol. The Labute approximate surface area is 245 Å². The van der Waals surface area contributed by atoms with Crippen LogP contribution in [0, 0.1) is 6.92 Å². The quantitative estimate of drug-likeness (QED) is 0.235. The molecular formula is C32H40N4O6. The Hall–Kier alpha value is -4.21. The van der Waals surface area contributed by atoms with Gasteiger partial charge in [-0.15, -0.1) is 0 Å². The van der Waals surface area contributed by atoms with Crippen LogP contribution in [-0.2, 0) is 32.0 Å². The lowest BCUT2D eigenvalue weighted by Gasteiger charge is -2.15. The van der Waals surface area contributed by atoms with Crippen molar-refractivity contribution in [1.82, 2.24) is 15.6 Å². The summed E-state index contributed by atoms with van der Waals surface area (Å²) in [5.74, 6) is -1.94. The van der Waals surface area contributed by atoms with E-state index >= 15 is 0 Å². The average Bonchev–Trinajstić information content (AvgIpc) is 3.61. The van der Waals surface area contributed by atoms with Crippen molar-refractivity contribution in [2.24, 2.45) is 4.99 Å². The van der Waals surface area contributed by atoms with Crippen LogP contribution in [0.25, 0.3) is 6.08 Å². The first-order valence-electron chi connectivity index (χ1n) is 14.6. The summed E-state index contributed by atoms with van der Waals surface area (Å²) in [5, 5.41) is 24.9. The maximum absolute atomic E-state index is 12.3. The van der Waals surface area contributed by atoms with Gasteiger partial charge in [-0.05, 0) is 80.4 Å². The number of carboxylic acids is 2. The van der Waals surface area contributed by atoms with Crippen LogP contribution in [0.3, 0.4) is 0 Å². The number of hydrogen-bond acceptors (Lipinski definition) is 5. The summed E-state index contributed by atoms with van der Waals surface area (Å²) in [5.41, 5.74) is 9.14. The molecule has 0 fully saturated rings. The Balaban J connectivity index is 1.72. The highest BCUT2D eigenvalue weighted by atomic mass is 16.4. The first-order chi connectivity index (χ1) is 19.9. The molecule has 224 valence electrons. The molecule has 0 saturated carbocycles. The minimum Gasteiger partial charge on any atom is -0.481 e. The fourth-order valence-corrected chi connectivity index (χ4v) is 6.13. The molecule has 2 amide bonds.